The fourth-order valence-corrected chi connectivity index (χ4v) is 3.80. The number of rotatable bonds is 4. The van der Waals surface area contributed by atoms with Crippen LogP contribution in [0.4, 0.5) is 0 Å². The first kappa shape index (κ1) is 17.2. The summed E-state index contributed by atoms with van der Waals surface area (Å²) >= 11 is 0. The van der Waals surface area contributed by atoms with Gasteiger partial charge < -0.3 is 4.74 Å². The highest BCUT2D eigenvalue weighted by Crippen LogP contribution is 2.23. The quantitative estimate of drug-likeness (QED) is 0.459. The van der Waals surface area contributed by atoms with Gasteiger partial charge in [0.1, 0.15) is 0 Å². The third kappa shape index (κ3) is 3.00. The summed E-state index contributed by atoms with van der Waals surface area (Å²) in [4.78, 5) is 13.6. The lowest BCUT2D eigenvalue weighted by atomic mass is 10.1. The van der Waals surface area contributed by atoms with E-state index in [4.69, 9.17) is 9.72 Å². The molecule has 148 valence electrons. The van der Waals surface area contributed by atoms with E-state index < -0.39 is 0 Å². The zero-order chi connectivity index (χ0) is 19.9. The molecular weight excluding hydrogens is 380 g/mol. The molecule has 1 aliphatic rings. The lowest BCUT2D eigenvalue weighted by Gasteiger charge is -2.06. The van der Waals surface area contributed by atoms with E-state index in [-0.39, 0.29) is 6.04 Å². The van der Waals surface area contributed by atoms with E-state index in [1.54, 1.807) is 17.1 Å². The van der Waals surface area contributed by atoms with Gasteiger partial charge in [0, 0.05) is 30.0 Å². The molecular formula is C21H18N8O. The molecule has 0 amide bonds. The Hall–Kier alpha value is -3.72. The first-order valence-electron chi connectivity index (χ1n) is 9.86. The van der Waals surface area contributed by atoms with Crippen molar-refractivity contribution in [2.75, 3.05) is 13.2 Å². The standard InChI is InChI=1S/C21H18N8O/c1-2-15-8-14(3-4-18(15)22-6-1)11-29-21-20(26-27-29)23-10-19(25-21)16-9-24-28(12-16)17-5-7-30-13-17/h1-4,6,8-10,12,17H,5,7,11,13H2/t17-/m0/s1. The fourth-order valence-electron chi connectivity index (χ4n) is 3.80. The largest absolute Gasteiger partial charge is 0.379 e. The lowest BCUT2D eigenvalue weighted by molar-refractivity contribution is 0.184. The minimum absolute atomic E-state index is 0.282. The van der Waals surface area contributed by atoms with Gasteiger partial charge in [0.2, 0.25) is 5.65 Å². The summed E-state index contributed by atoms with van der Waals surface area (Å²) in [5.74, 6) is 0. The van der Waals surface area contributed by atoms with Gasteiger partial charge in [-0.15, -0.1) is 5.10 Å². The Bertz CT molecular complexity index is 1350. The molecule has 0 bridgehead atoms. The molecule has 6 rings (SSSR count). The highest BCUT2D eigenvalue weighted by atomic mass is 16.5. The van der Waals surface area contributed by atoms with Crippen molar-refractivity contribution in [2.24, 2.45) is 0 Å². The molecule has 5 aromatic rings. The Kier molecular flexibility index (Phi) is 3.98. The second-order valence-corrected chi connectivity index (χ2v) is 7.41. The molecule has 30 heavy (non-hydrogen) atoms. The fraction of sp³-hybridized carbons (Fsp3) is 0.238. The molecule has 1 aliphatic heterocycles. The van der Waals surface area contributed by atoms with Crippen molar-refractivity contribution >= 4 is 22.2 Å². The van der Waals surface area contributed by atoms with Crippen molar-refractivity contribution in [1.29, 1.82) is 0 Å². The van der Waals surface area contributed by atoms with Gasteiger partial charge in [-0.3, -0.25) is 9.67 Å². The number of benzene rings is 1. The van der Waals surface area contributed by atoms with Crippen molar-refractivity contribution in [3.8, 4) is 11.3 Å². The molecule has 1 atom stereocenters. The average Bonchev–Trinajstić information content (AvgIpc) is 3.54. The molecule has 0 unspecified atom stereocenters. The number of aromatic nitrogens is 8. The molecule has 9 nitrogen and oxygen atoms in total. The van der Waals surface area contributed by atoms with E-state index in [1.165, 1.54) is 0 Å². The Labute approximate surface area is 171 Å². The van der Waals surface area contributed by atoms with Gasteiger partial charge in [-0.05, 0) is 30.2 Å². The third-order valence-corrected chi connectivity index (χ3v) is 5.40. The molecule has 0 aliphatic carbocycles. The first-order valence-corrected chi connectivity index (χ1v) is 9.86. The molecule has 9 heteroatoms. The van der Waals surface area contributed by atoms with Crippen LogP contribution in [0.25, 0.3) is 33.5 Å². The van der Waals surface area contributed by atoms with Crippen LogP contribution in [-0.2, 0) is 11.3 Å². The number of ether oxygens (including phenoxy) is 1. The maximum atomic E-state index is 5.46. The van der Waals surface area contributed by atoms with Gasteiger partial charge in [0.05, 0.1) is 42.8 Å². The topological polar surface area (TPSA) is 96.4 Å². The summed E-state index contributed by atoms with van der Waals surface area (Å²) in [5.41, 5.74) is 4.91. The Morgan fingerprint density at radius 1 is 1.13 bits per heavy atom. The van der Waals surface area contributed by atoms with Crippen LogP contribution in [0, 0.1) is 0 Å². The predicted molar refractivity (Wildman–Crippen MR) is 110 cm³/mol. The molecule has 0 radical (unpaired) electrons. The molecule has 1 saturated heterocycles. The van der Waals surface area contributed by atoms with Gasteiger partial charge in [-0.25, -0.2) is 14.6 Å². The summed E-state index contributed by atoms with van der Waals surface area (Å²) in [6.07, 6.45) is 8.31. The van der Waals surface area contributed by atoms with Crippen LogP contribution < -0.4 is 0 Å². The Balaban J connectivity index is 1.33. The van der Waals surface area contributed by atoms with Crippen molar-refractivity contribution in [1.82, 2.24) is 39.7 Å². The summed E-state index contributed by atoms with van der Waals surface area (Å²) in [6.45, 7) is 2.03. The second-order valence-electron chi connectivity index (χ2n) is 7.41. The van der Waals surface area contributed by atoms with Crippen LogP contribution in [0.5, 0.6) is 0 Å². The molecule has 0 N–H and O–H groups in total. The molecule has 0 spiro atoms. The van der Waals surface area contributed by atoms with Crippen LogP contribution in [0.15, 0.2) is 55.1 Å². The van der Waals surface area contributed by atoms with Crippen LogP contribution >= 0.6 is 0 Å². The smallest absolute Gasteiger partial charge is 0.221 e. The zero-order valence-electron chi connectivity index (χ0n) is 16.1. The van der Waals surface area contributed by atoms with Crippen molar-refractivity contribution in [3.63, 3.8) is 0 Å². The first-order chi connectivity index (χ1) is 14.8. The molecule has 4 aromatic heterocycles. The SMILES string of the molecule is c1cnc2ccc(Cn3nnc4ncc(-c5cnn([C@H]6CCOC6)c5)nc43)cc2c1. The van der Waals surface area contributed by atoms with Gasteiger partial charge in [0.25, 0.3) is 0 Å². The van der Waals surface area contributed by atoms with E-state index in [2.05, 4.69) is 37.5 Å². The molecule has 1 fully saturated rings. The number of pyridine rings is 1. The summed E-state index contributed by atoms with van der Waals surface area (Å²) in [7, 11) is 0. The number of hydrogen-bond acceptors (Lipinski definition) is 7. The Morgan fingerprint density at radius 2 is 2.13 bits per heavy atom. The lowest BCUT2D eigenvalue weighted by Crippen LogP contribution is -2.08. The minimum Gasteiger partial charge on any atom is -0.379 e. The third-order valence-electron chi connectivity index (χ3n) is 5.40. The van der Waals surface area contributed by atoms with Crippen LogP contribution in [-0.4, -0.2) is 52.9 Å². The predicted octanol–water partition coefficient (Wildman–Crippen LogP) is 2.64. The Morgan fingerprint density at radius 3 is 3.07 bits per heavy atom. The van der Waals surface area contributed by atoms with E-state index >= 15 is 0 Å². The van der Waals surface area contributed by atoms with Crippen LogP contribution in [0.3, 0.4) is 0 Å². The van der Waals surface area contributed by atoms with Gasteiger partial charge >= 0.3 is 0 Å². The number of hydrogen-bond donors (Lipinski definition) is 0. The average molecular weight is 398 g/mol. The monoisotopic (exact) mass is 398 g/mol. The van der Waals surface area contributed by atoms with Crippen molar-refractivity contribution in [2.45, 2.75) is 19.0 Å². The molecule has 1 aromatic carbocycles. The van der Waals surface area contributed by atoms with E-state index in [1.807, 2.05) is 35.3 Å². The number of fused-ring (bicyclic) bond motifs is 2. The second kappa shape index (κ2) is 6.96. The van der Waals surface area contributed by atoms with Gasteiger partial charge in [-0.1, -0.05) is 17.3 Å². The van der Waals surface area contributed by atoms with E-state index in [0.717, 1.165) is 40.8 Å². The molecule has 5 heterocycles. The maximum Gasteiger partial charge on any atom is 0.221 e. The normalized spacial score (nSPS) is 16.6. The minimum atomic E-state index is 0.282. The van der Waals surface area contributed by atoms with Crippen LogP contribution in [0.2, 0.25) is 0 Å². The highest BCUT2D eigenvalue weighted by molar-refractivity contribution is 5.79. The van der Waals surface area contributed by atoms with E-state index in [9.17, 15) is 0 Å². The van der Waals surface area contributed by atoms with Gasteiger partial charge in [-0.2, -0.15) is 5.10 Å². The zero-order valence-corrected chi connectivity index (χ0v) is 16.1. The summed E-state index contributed by atoms with van der Waals surface area (Å²) in [6, 6.07) is 10.4. The highest BCUT2D eigenvalue weighted by Gasteiger charge is 2.19. The molecule has 0 saturated carbocycles. The van der Waals surface area contributed by atoms with Crippen LogP contribution in [0.1, 0.15) is 18.0 Å². The summed E-state index contributed by atoms with van der Waals surface area (Å²) in [5, 5.41) is 14.0. The summed E-state index contributed by atoms with van der Waals surface area (Å²) < 4.78 is 9.19. The van der Waals surface area contributed by atoms with E-state index in [0.29, 0.717) is 24.4 Å². The van der Waals surface area contributed by atoms with Crippen molar-refractivity contribution < 1.29 is 4.74 Å². The van der Waals surface area contributed by atoms with Gasteiger partial charge in [0.15, 0.2) is 5.65 Å². The van der Waals surface area contributed by atoms with Crippen molar-refractivity contribution in [3.05, 3.63) is 60.7 Å². The number of nitrogens with zero attached hydrogens (tertiary/aromatic N) is 8. The maximum absolute atomic E-state index is 5.46.